The largest absolute Gasteiger partial charge is 0.465 e. The minimum Gasteiger partial charge on any atom is -0.465 e. The van der Waals surface area contributed by atoms with Gasteiger partial charge in [0, 0.05) is 0 Å². The maximum Gasteiger partial charge on any atom is 0.338 e. The van der Waals surface area contributed by atoms with Crippen LogP contribution in [0.5, 0.6) is 0 Å². The molecule has 0 unspecified atom stereocenters. The number of aryl methyl sites for hydroxylation is 1. The van der Waals surface area contributed by atoms with Gasteiger partial charge in [0.05, 0.1) is 5.56 Å². The lowest BCUT2D eigenvalue weighted by atomic mass is 9.60. The van der Waals surface area contributed by atoms with Gasteiger partial charge in [0.15, 0.2) is 0 Å². The van der Waals surface area contributed by atoms with Gasteiger partial charge in [-0.15, -0.1) is 0 Å². The molecule has 0 aliphatic heterocycles. The van der Waals surface area contributed by atoms with E-state index >= 15 is 0 Å². The Bertz CT molecular complexity index is 665. The fraction of sp³-hybridized carbons (Fsp3) is 0.667. The van der Waals surface area contributed by atoms with E-state index in [1.54, 1.807) is 0 Å². The smallest absolute Gasteiger partial charge is 0.338 e. The molecule has 28 heavy (non-hydrogen) atoms. The zero-order chi connectivity index (χ0) is 20.1. The highest BCUT2D eigenvalue weighted by atomic mass is 16.5. The lowest BCUT2D eigenvalue weighted by Crippen LogP contribution is -2.39. The molecule has 0 radical (unpaired) electrons. The van der Waals surface area contributed by atoms with Crippen LogP contribution in [0.2, 0.25) is 0 Å². The highest BCUT2D eigenvalue weighted by molar-refractivity contribution is 5.91. The van der Waals surface area contributed by atoms with Crippen LogP contribution in [-0.4, -0.2) is 24.6 Å². The number of rotatable bonds is 6. The molecule has 2 aliphatic carbocycles. The Morgan fingerprint density at radius 2 is 1.46 bits per heavy atom. The number of benzene rings is 1. The minimum absolute atomic E-state index is 0.0379. The number of ether oxygens (including phenoxy) is 2. The van der Waals surface area contributed by atoms with Crippen LogP contribution in [0.1, 0.15) is 81.1 Å². The Balaban J connectivity index is 1.50. The number of hydrogen-bond donors (Lipinski definition) is 0. The molecule has 4 nitrogen and oxygen atoms in total. The SMILES string of the molecule is Cc1ccccc1C(=O)OC1CCC(C(C)(C)C2CCC(OC=O)CC2)CC1. The maximum atomic E-state index is 12.5. The molecular formula is C24H34O4. The molecule has 0 spiro atoms. The highest BCUT2D eigenvalue weighted by Gasteiger charge is 2.41. The molecule has 0 aromatic heterocycles. The monoisotopic (exact) mass is 386 g/mol. The Morgan fingerprint density at radius 1 is 0.929 bits per heavy atom. The topological polar surface area (TPSA) is 52.6 Å². The number of esters is 1. The summed E-state index contributed by atoms with van der Waals surface area (Å²) < 4.78 is 11.0. The molecule has 3 rings (SSSR count). The van der Waals surface area contributed by atoms with Crippen molar-refractivity contribution in [3.8, 4) is 0 Å². The normalized spacial score (nSPS) is 28.4. The van der Waals surface area contributed by atoms with E-state index in [4.69, 9.17) is 9.47 Å². The van der Waals surface area contributed by atoms with Crippen molar-refractivity contribution in [3.05, 3.63) is 35.4 Å². The standard InChI is InChI=1S/C24H34O4/c1-17-6-4-5-7-22(17)23(26)28-21-14-10-19(11-15-21)24(2,3)18-8-12-20(13-9-18)27-16-25/h4-7,16,18-21H,8-15H2,1-3H3. The van der Waals surface area contributed by atoms with Gasteiger partial charge in [-0.3, -0.25) is 4.79 Å². The quantitative estimate of drug-likeness (QED) is 0.481. The molecule has 0 atom stereocenters. The summed E-state index contributed by atoms with van der Waals surface area (Å²) in [6.07, 6.45) is 8.52. The van der Waals surface area contributed by atoms with Gasteiger partial charge in [-0.25, -0.2) is 4.79 Å². The van der Waals surface area contributed by atoms with E-state index < -0.39 is 0 Å². The predicted molar refractivity (Wildman–Crippen MR) is 109 cm³/mol. The summed E-state index contributed by atoms with van der Waals surface area (Å²) in [6.45, 7) is 7.35. The molecule has 0 heterocycles. The number of carbonyl (C=O) groups excluding carboxylic acids is 2. The van der Waals surface area contributed by atoms with Gasteiger partial charge in [0.25, 0.3) is 6.47 Å². The van der Waals surface area contributed by atoms with E-state index in [1.165, 1.54) is 0 Å². The van der Waals surface area contributed by atoms with Crippen LogP contribution < -0.4 is 0 Å². The van der Waals surface area contributed by atoms with Gasteiger partial charge in [-0.2, -0.15) is 0 Å². The summed E-state index contributed by atoms with van der Waals surface area (Å²) in [6, 6.07) is 7.62. The van der Waals surface area contributed by atoms with Crippen LogP contribution in [-0.2, 0) is 14.3 Å². The van der Waals surface area contributed by atoms with Gasteiger partial charge >= 0.3 is 5.97 Å². The summed E-state index contributed by atoms with van der Waals surface area (Å²) in [5.74, 6) is 1.15. The fourth-order valence-corrected chi connectivity index (χ4v) is 5.30. The lowest BCUT2D eigenvalue weighted by molar-refractivity contribution is -0.136. The van der Waals surface area contributed by atoms with Crippen LogP contribution in [0, 0.1) is 24.2 Å². The van der Waals surface area contributed by atoms with E-state index in [0.717, 1.165) is 56.9 Å². The summed E-state index contributed by atoms with van der Waals surface area (Å²) in [5, 5.41) is 0. The Kier molecular flexibility index (Phi) is 6.79. The van der Waals surface area contributed by atoms with Crippen molar-refractivity contribution in [2.75, 3.05) is 0 Å². The van der Waals surface area contributed by atoms with E-state index in [0.29, 0.717) is 23.9 Å². The van der Waals surface area contributed by atoms with Crippen molar-refractivity contribution in [2.45, 2.75) is 84.3 Å². The molecule has 0 saturated heterocycles. The zero-order valence-electron chi connectivity index (χ0n) is 17.5. The van der Waals surface area contributed by atoms with Gasteiger partial charge < -0.3 is 9.47 Å². The molecule has 2 fully saturated rings. The lowest BCUT2D eigenvalue weighted by Gasteiger charge is -2.46. The van der Waals surface area contributed by atoms with Crippen molar-refractivity contribution >= 4 is 12.4 Å². The molecule has 2 aliphatic rings. The molecule has 4 heteroatoms. The van der Waals surface area contributed by atoms with Crippen molar-refractivity contribution in [1.29, 1.82) is 0 Å². The summed E-state index contributed by atoms with van der Waals surface area (Å²) in [5.41, 5.74) is 1.92. The van der Waals surface area contributed by atoms with Crippen LogP contribution >= 0.6 is 0 Å². The Hall–Kier alpha value is -1.84. The third kappa shape index (κ3) is 4.76. The molecular weight excluding hydrogens is 352 g/mol. The number of hydrogen-bond acceptors (Lipinski definition) is 4. The predicted octanol–water partition coefficient (Wildman–Crippen LogP) is 5.47. The second-order valence-electron chi connectivity index (χ2n) is 9.22. The molecule has 2 saturated carbocycles. The maximum absolute atomic E-state index is 12.5. The highest BCUT2D eigenvalue weighted by Crippen LogP contribution is 2.48. The van der Waals surface area contributed by atoms with Crippen LogP contribution in [0.15, 0.2) is 24.3 Å². The van der Waals surface area contributed by atoms with E-state index in [2.05, 4.69) is 13.8 Å². The molecule has 0 amide bonds. The van der Waals surface area contributed by atoms with Crippen LogP contribution in [0.25, 0.3) is 0 Å². The first-order valence-corrected chi connectivity index (χ1v) is 10.8. The molecule has 0 N–H and O–H groups in total. The average Bonchev–Trinajstić information content (AvgIpc) is 2.69. The van der Waals surface area contributed by atoms with Gasteiger partial charge in [-0.05, 0) is 87.2 Å². The van der Waals surface area contributed by atoms with Crippen LogP contribution in [0.3, 0.4) is 0 Å². The second kappa shape index (κ2) is 9.11. The molecule has 154 valence electrons. The Labute approximate surface area is 169 Å². The first-order chi connectivity index (χ1) is 13.4. The third-order valence-corrected chi connectivity index (χ3v) is 7.34. The van der Waals surface area contributed by atoms with Crippen molar-refractivity contribution in [2.24, 2.45) is 17.3 Å². The van der Waals surface area contributed by atoms with E-state index in [-0.39, 0.29) is 23.6 Å². The third-order valence-electron chi connectivity index (χ3n) is 7.34. The van der Waals surface area contributed by atoms with Gasteiger partial charge in [-0.1, -0.05) is 32.0 Å². The summed E-state index contributed by atoms with van der Waals surface area (Å²) in [7, 11) is 0. The fourth-order valence-electron chi connectivity index (χ4n) is 5.30. The number of carbonyl (C=O) groups is 2. The second-order valence-corrected chi connectivity index (χ2v) is 9.22. The van der Waals surface area contributed by atoms with Crippen LogP contribution in [0.4, 0.5) is 0 Å². The van der Waals surface area contributed by atoms with Crippen molar-refractivity contribution in [1.82, 2.24) is 0 Å². The first kappa shape index (κ1) is 20.9. The molecule has 1 aromatic rings. The van der Waals surface area contributed by atoms with Gasteiger partial charge in [0.2, 0.25) is 0 Å². The van der Waals surface area contributed by atoms with Crippen molar-refractivity contribution < 1.29 is 19.1 Å². The summed E-state index contributed by atoms with van der Waals surface area (Å²) in [4.78, 5) is 23.0. The minimum atomic E-state index is -0.186. The Morgan fingerprint density at radius 3 is 2.00 bits per heavy atom. The van der Waals surface area contributed by atoms with E-state index in [1.807, 2.05) is 31.2 Å². The van der Waals surface area contributed by atoms with E-state index in [9.17, 15) is 9.59 Å². The average molecular weight is 387 g/mol. The zero-order valence-corrected chi connectivity index (χ0v) is 17.5. The summed E-state index contributed by atoms with van der Waals surface area (Å²) >= 11 is 0. The molecule has 0 bridgehead atoms. The van der Waals surface area contributed by atoms with Crippen molar-refractivity contribution in [3.63, 3.8) is 0 Å². The first-order valence-electron chi connectivity index (χ1n) is 10.8. The molecule has 1 aromatic carbocycles. The van der Waals surface area contributed by atoms with Gasteiger partial charge in [0.1, 0.15) is 12.2 Å².